The lowest BCUT2D eigenvalue weighted by Crippen LogP contribution is -2.68. The molecule has 0 aliphatic carbocycles. The first-order valence-electron chi connectivity index (χ1n) is 18.7. The predicted molar refractivity (Wildman–Crippen MR) is 191 cm³/mol. The summed E-state index contributed by atoms with van der Waals surface area (Å²) in [7, 11) is 17.9. The van der Waals surface area contributed by atoms with Crippen LogP contribution in [0.15, 0.2) is 0 Å². The molecule has 4 aliphatic heterocycles. The number of aliphatic hydroxyl groups is 2. The molecule has 0 aromatic carbocycles. The van der Waals surface area contributed by atoms with Gasteiger partial charge in [-0.1, -0.05) is 0 Å². The maximum Gasteiger partial charge on any atom is 0.187 e. The largest absolute Gasteiger partial charge is 0.387 e. The van der Waals surface area contributed by atoms with E-state index >= 15 is 0 Å². The Hall–Kier alpha value is -0.840. The van der Waals surface area contributed by atoms with E-state index < -0.39 is 123 Å². The summed E-state index contributed by atoms with van der Waals surface area (Å²) in [6.07, 6.45) is -18.2. The molecule has 4 heterocycles. The Bertz CT molecular complexity index is 1110. The predicted octanol–water partition coefficient (Wildman–Crippen LogP) is -1.90. The van der Waals surface area contributed by atoms with Gasteiger partial charge < -0.3 is 100 Å². The second-order valence-electron chi connectivity index (χ2n) is 13.9. The maximum atomic E-state index is 11.0. The molecule has 21 heteroatoms. The van der Waals surface area contributed by atoms with Crippen molar-refractivity contribution in [2.45, 2.75) is 123 Å². The molecule has 57 heavy (non-hydrogen) atoms. The molecule has 0 spiro atoms. The molecule has 0 bridgehead atoms. The van der Waals surface area contributed by atoms with Crippen LogP contribution in [0.1, 0.15) is 0 Å². The zero-order chi connectivity index (χ0) is 41.8. The number of ether oxygens (including phenoxy) is 19. The van der Waals surface area contributed by atoms with Crippen molar-refractivity contribution in [3.8, 4) is 0 Å². The lowest BCUT2D eigenvalue weighted by atomic mass is 9.95. The Morgan fingerprint density at radius 1 is 0.316 bits per heavy atom. The van der Waals surface area contributed by atoms with E-state index in [9.17, 15) is 10.2 Å². The average Bonchev–Trinajstić information content (AvgIpc) is 3.20. The van der Waals surface area contributed by atoms with Gasteiger partial charge in [-0.05, 0) is 0 Å². The minimum atomic E-state index is -1.30. The van der Waals surface area contributed by atoms with Crippen molar-refractivity contribution in [3.63, 3.8) is 0 Å². The van der Waals surface area contributed by atoms with Gasteiger partial charge in [-0.15, -0.1) is 0 Å². The molecule has 0 aromatic rings. The molecule has 336 valence electrons. The van der Waals surface area contributed by atoms with Crippen LogP contribution < -0.4 is 0 Å². The van der Waals surface area contributed by atoms with Gasteiger partial charge in [-0.25, -0.2) is 0 Å². The van der Waals surface area contributed by atoms with Crippen LogP contribution in [0.25, 0.3) is 0 Å². The van der Waals surface area contributed by atoms with E-state index in [-0.39, 0.29) is 26.4 Å². The van der Waals surface area contributed by atoms with Crippen LogP contribution in [0, 0.1) is 0 Å². The summed E-state index contributed by atoms with van der Waals surface area (Å²) in [6, 6.07) is 0. The van der Waals surface area contributed by atoms with Gasteiger partial charge in [0.1, 0.15) is 97.7 Å². The first kappa shape index (κ1) is 48.8. The second-order valence-corrected chi connectivity index (χ2v) is 13.9. The topological polar surface area (TPSA) is 216 Å². The second kappa shape index (κ2) is 24.0. The van der Waals surface area contributed by atoms with Crippen molar-refractivity contribution in [2.75, 3.05) is 112 Å². The molecule has 0 aromatic heterocycles. The summed E-state index contributed by atoms with van der Waals surface area (Å²) in [4.78, 5) is 0. The van der Waals surface area contributed by atoms with E-state index in [1.807, 2.05) is 0 Å². The van der Waals surface area contributed by atoms with Crippen LogP contribution >= 0.6 is 0 Å². The van der Waals surface area contributed by atoms with E-state index in [4.69, 9.17) is 90.0 Å². The summed E-state index contributed by atoms with van der Waals surface area (Å²) in [5, 5.41) is 21.6. The van der Waals surface area contributed by atoms with Crippen LogP contribution in [0.3, 0.4) is 0 Å². The van der Waals surface area contributed by atoms with E-state index in [2.05, 4.69) is 0 Å². The lowest BCUT2D eigenvalue weighted by molar-refractivity contribution is -0.394. The first-order chi connectivity index (χ1) is 27.6. The highest BCUT2D eigenvalue weighted by Crippen LogP contribution is 2.38. The van der Waals surface area contributed by atoms with Crippen molar-refractivity contribution in [1.29, 1.82) is 0 Å². The van der Waals surface area contributed by atoms with E-state index in [0.29, 0.717) is 0 Å². The van der Waals surface area contributed by atoms with Crippen molar-refractivity contribution in [3.05, 3.63) is 0 Å². The molecule has 20 atom stereocenters. The summed E-state index contributed by atoms with van der Waals surface area (Å²) >= 11 is 0. The third-order valence-electron chi connectivity index (χ3n) is 10.8. The quantitative estimate of drug-likeness (QED) is 0.122. The molecule has 4 aliphatic rings. The third-order valence-corrected chi connectivity index (χ3v) is 10.8. The molecular formula is C36H66O21. The van der Waals surface area contributed by atoms with Gasteiger partial charge in [0.05, 0.1) is 26.4 Å². The van der Waals surface area contributed by atoms with Crippen LogP contribution in [0.2, 0.25) is 0 Å². The van der Waals surface area contributed by atoms with Crippen molar-refractivity contribution in [1.82, 2.24) is 0 Å². The fourth-order valence-electron chi connectivity index (χ4n) is 8.10. The fraction of sp³-hybridized carbons (Fsp3) is 1.00. The Balaban J connectivity index is 1.62. The van der Waals surface area contributed by atoms with Crippen molar-refractivity contribution in [2.24, 2.45) is 0 Å². The van der Waals surface area contributed by atoms with Crippen LogP contribution in [-0.2, 0) is 90.0 Å². The molecule has 16 unspecified atom stereocenters. The number of aliphatic hydroxyl groups excluding tert-OH is 2. The number of rotatable bonds is 22. The molecule has 0 saturated carbocycles. The van der Waals surface area contributed by atoms with E-state index in [0.717, 1.165) is 0 Å². The number of methoxy groups -OCH3 is 12. The average molecular weight is 835 g/mol. The summed E-state index contributed by atoms with van der Waals surface area (Å²) < 4.78 is 114. The SMILES string of the molecule is COCC1OC(OC2C(COC)OC(OC3C(COC)OC(OC4C(COC)OC(O)C(OC)[C@@H]4OC)C(OC)[C@@H]3OC)C(OC)[C@@H]2OC)C(OC)[C@H](OC)C1O. The fourth-order valence-corrected chi connectivity index (χ4v) is 8.10. The highest BCUT2D eigenvalue weighted by Gasteiger charge is 2.57. The minimum Gasteiger partial charge on any atom is -0.387 e. The molecule has 4 rings (SSSR count). The van der Waals surface area contributed by atoms with E-state index in [1.54, 1.807) is 0 Å². The molecular weight excluding hydrogens is 768 g/mol. The Morgan fingerprint density at radius 2 is 0.596 bits per heavy atom. The summed E-state index contributed by atoms with van der Waals surface area (Å²) in [6.45, 7) is 0.211. The monoisotopic (exact) mass is 834 g/mol. The highest BCUT2D eigenvalue weighted by atomic mass is 16.8. The lowest BCUT2D eigenvalue weighted by Gasteiger charge is -2.51. The van der Waals surface area contributed by atoms with Gasteiger partial charge in [0.2, 0.25) is 0 Å². The molecule has 2 N–H and O–H groups in total. The standard InChI is InChI=1S/C36H66O21/c1-39-13-17-21(37)25(43-5)30(48-10)34(52-17)56-23-19(15-41-3)54-36(32(50-12)27(23)45-7)57-24-20(16-42-4)53-35(31(49-11)28(24)46-8)55-22-18(14-40-2)51-33(38)29(47-9)26(22)44-6/h17-38H,13-16H2,1-12H3/t17?,18?,19?,20?,21?,22?,23?,24?,25-,26-,27-,28-,29?,30?,31?,32?,33?,34?,35?,36?/m1/s1. The summed E-state index contributed by atoms with van der Waals surface area (Å²) in [5.74, 6) is 0. The van der Waals surface area contributed by atoms with Gasteiger partial charge >= 0.3 is 0 Å². The van der Waals surface area contributed by atoms with Gasteiger partial charge in [-0.2, -0.15) is 0 Å². The molecule has 4 saturated heterocycles. The molecule has 0 amide bonds. The number of hydrogen-bond acceptors (Lipinski definition) is 21. The molecule has 4 fully saturated rings. The van der Waals surface area contributed by atoms with Gasteiger partial charge in [0.15, 0.2) is 25.2 Å². The summed E-state index contributed by atoms with van der Waals surface area (Å²) in [5.41, 5.74) is 0. The van der Waals surface area contributed by atoms with E-state index in [1.165, 1.54) is 85.3 Å². The van der Waals surface area contributed by atoms with Crippen molar-refractivity contribution >= 4 is 0 Å². The van der Waals surface area contributed by atoms with Crippen molar-refractivity contribution < 1.29 is 100 Å². The Kier molecular flexibility index (Phi) is 20.5. The molecule has 0 radical (unpaired) electrons. The molecule has 21 nitrogen and oxygen atoms in total. The van der Waals surface area contributed by atoms with Crippen LogP contribution in [-0.4, -0.2) is 245 Å². The zero-order valence-electron chi connectivity index (χ0n) is 35.0. The third kappa shape index (κ3) is 11.0. The first-order valence-corrected chi connectivity index (χ1v) is 18.7. The maximum absolute atomic E-state index is 11.0. The zero-order valence-corrected chi connectivity index (χ0v) is 35.0. The van der Waals surface area contributed by atoms with Gasteiger partial charge in [-0.3, -0.25) is 0 Å². The highest BCUT2D eigenvalue weighted by molar-refractivity contribution is 5.00. The number of hydrogen-bond donors (Lipinski definition) is 2. The normalized spacial score (nSPS) is 44.3. The van der Waals surface area contributed by atoms with Gasteiger partial charge in [0, 0.05) is 85.3 Å². The minimum absolute atomic E-state index is 0.0362. The Morgan fingerprint density at radius 3 is 0.930 bits per heavy atom. The van der Waals surface area contributed by atoms with Gasteiger partial charge in [0.25, 0.3) is 0 Å². The van der Waals surface area contributed by atoms with Crippen LogP contribution in [0.4, 0.5) is 0 Å². The smallest absolute Gasteiger partial charge is 0.187 e. The Labute approximate surface area is 334 Å². The van der Waals surface area contributed by atoms with Crippen LogP contribution in [0.5, 0.6) is 0 Å².